The van der Waals surface area contributed by atoms with Gasteiger partial charge in [0.15, 0.2) is 5.16 Å². The average Bonchev–Trinajstić information content (AvgIpc) is 3.24. The molecule has 6 nitrogen and oxygen atoms in total. The minimum atomic E-state index is -0.215. The summed E-state index contributed by atoms with van der Waals surface area (Å²) >= 11 is 8.95. The van der Waals surface area contributed by atoms with Gasteiger partial charge in [-0.05, 0) is 29.2 Å². The number of carbonyl (C=O) groups is 1. The Bertz CT molecular complexity index is 1470. The minimum absolute atomic E-state index is 0.0697. The molecule has 4 aromatic rings. The first-order valence-electron chi connectivity index (χ1n) is 11.8. The van der Waals surface area contributed by atoms with E-state index in [1.807, 2.05) is 42.5 Å². The highest BCUT2D eigenvalue weighted by atomic mass is 35.5. The number of carbonyl (C=O) groups excluding carboxylic acids is 1. The molecule has 9 heteroatoms. The molecule has 1 amide bonds. The first-order chi connectivity index (χ1) is 17.4. The smallest absolute Gasteiger partial charge is 0.263 e. The van der Waals surface area contributed by atoms with Gasteiger partial charge < -0.3 is 10.1 Å². The van der Waals surface area contributed by atoms with Gasteiger partial charge in [-0.25, -0.2) is 4.98 Å². The summed E-state index contributed by atoms with van der Waals surface area (Å²) in [7, 11) is 0. The van der Waals surface area contributed by atoms with Crippen molar-refractivity contribution in [3.63, 3.8) is 0 Å². The van der Waals surface area contributed by atoms with Crippen molar-refractivity contribution in [3.8, 4) is 0 Å². The van der Waals surface area contributed by atoms with Gasteiger partial charge in [0.1, 0.15) is 4.83 Å². The zero-order valence-corrected chi connectivity index (χ0v) is 22.4. The van der Waals surface area contributed by atoms with E-state index in [1.165, 1.54) is 23.1 Å². The van der Waals surface area contributed by atoms with E-state index in [2.05, 4.69) is 19.2 Å². The van der Waals surface area contributed by atoms with Crippen molar-refractivity contribution >= 4 is 56.5 Å². The van der Waals surface area contributed by atoms with Crippen molar-refractivity contribution in [3.05, 3.63) is 86.0 Å². The van der Waals surface area contributed by atoms with E-state index in [1.54, 1.807) is 16.7 Å². The molecule has 1 aliphatic heterocycles. The van der Waals surface area contributed by atoms with Crippen molar-refractivity contribution in [2.24, 2.45) is 5.92 Å². The number of rotatable bonds is 7. The summed E-state index contributed by atoms with van der Waals surface area (Å²) in [5, 5.41) is 4.51. The van der Waals surface area contributed by atoms with E-state index in [0.717, 1.165) is 16.0 Å². The first kappa shape index (κ1) is 25.0. The van der Waals surface area contributed by atoms with E-state index in [0.29, 0.717) is 51.6 Å². The van der Waals surface area contributed by atoms with Crippen LogP contribution in [0, 0.1) is 5.92 Å². The standard InChI is InChI=1S/C27H26ClN3O3S2/c1-16(2)21-12-18-22(14-34-21)36-25-24(18)26(33)31(13-17-8-4-3-5-9-17)27(30-25)35-15-23(32)29-20-11-7-6-10-19(20)28/h3-11,16,21H,12-15H2,1-2H3,(H,29,32). The maximum absolute atomic E-state index is 13.9. The summed E-state index contributed by atoms with van der Waals surface area (Å²) in [5.74, 6) is 0.244. The Hall–Kier alpha value is -2.65. The molecule has 0 aliphatic carbocycles. The average molecular weight is 540 g/mol. The van der Waals surface area contributed by atoms with Crippen LogP contribution in [0.5, 0.6) is 0 Å². The lowest BCUT2D eigenvalue weighted by Gasteiger charge is -2.26. The van der Waals surface area contributed by atoms with Crippen LogP contribution in [0.15, 0.2) is 64.5 Å². The fourth-order valence-electron chi connectivity index (χ4n) is 4.26. The largest absolute Gasteiger partial charge is 0.372 e. The molecule has 3 heterocycles. The number of hydrogen-bond donors (Lipinski definition) is 1. The van der Waals surface area contributed by atoms with Crippen LogP contribution in [0.25, 0.3) is 10.2 Å². The predicted molar refractivity (Wildman–Crippen MR) is 147 cm³/mol. The number of fused-ring (bicyclic) bond motifs is 3. The Morgan fingerprint density at radius 2 is 1.97 bits per heavy atom. The number of nitrogens with one attached hydrogen (secondary N) is 1. The van der Waals surface area contributed by atoms with Crippen LogP contribution in [0.2, 0.25) is 5.02 Å². The third-order valence-electron chi connectivity index (χ3n) is 6.20. The highest BCUT2D eigenvalue weighted by Gasteiger charge is 2.28. The lowest BCUT2D eigenvalue weighted by Crippen LogP contribution is -2.29. The summed E-state index contributed by atoms with van der Waals surface area (Å²) in [6, 6.07) is 16.9. The van der Waals surface area contributed by atoms with Crippen LogP contribution in [-0.4, -0.2) is 27.3 Å². The number of halogens is 1. The van der Waals surface area contributed by atoms with Crippen LogP contribution in [0.1, 0.15) is 29.9 Å². The predicted octanol–water partition coefficient (Wildman–Crippen LogP) is 5.99. The fourth-order valence-corrected chi connectivity index (χ4v) is 6.41. The van der Waals surface area contributed by atoms with Gasteiger partial charge in [-0.2, -0.15) is 0 Å². The van der Waals surface area contributed by atoms with Crippen LogP contribution < -0.4 is 10.9 Å². The highest BCUT2D eigenvalue weighted by Crippen LogP contribution is 2.36. The molecule has 0 saturated carbocycles. The number of hydrogen-bond acceptors (Lipinski definition) is 6. The summed E-state index contributed by atoms with van der Waals surface area (Å²) in [6.45, 7) is 5.16. The van der Waals surface area contributed by atoms with Gasteiger partial charge in [-0.3, -0.25) is 14.2 Å². The van der Waals surface area contributed by atoms with Gasteiger partial charge in [-0.1, -0.05) is 79.7 Å². The number of para-hydroxylation sites is 1. The van der Waals surface area contributed by atoms with Crippen molar-refractivity contribution in [2.75, 3.05) is 11.1 Å². The molecule has 5 rings (SSSR count). The van der Waals surface area contributed by atoms with Crippen molar-refractivity contribution in [1.82, 2.24) is 9.55 Å². The van der Waals surface area contributed by atoms with E-state index >= 15 is 0 Å². The van der Waals surface area contributed by atoms with Crippen molar-refractivity contribution < 1.29 is 9.53 Å². The number of thiophene rings is 1. The molecular weight excluding hydrogens is 514 g/mol. The monoisotopic (exact) mass is 539 g/mol. The number of thioether (sulfide) groups is 1. The number of amides is 1. The molecule has 1 atom stereocenters. The second-order valence-corrected chi connectivity index (χ2v) is 11.5. The SMILES string of the molecule is CC(C)C1Cc2c(sc3nc(SCC(=O)Nc4ccccc4Cl)n(Cc4ccccc4)c(=O)c23)CO1. The Morgan fingerprint density at radius 3 is 2.72 bits per heavy atom. The van der Waals surface area contributed by atoms with Crippen LogP contribution in [0.4, 0.5) is 5.69 Å². The van der Waals surface area contributed by atoms with Gasteiger partial charge in [0.25, 0.3) is 5.56 Å². The molecule has 0 bridgehead atoms. The molecular formula is C27H26ClN3O3S2. The third kappa shape index (κ3) is 5.22. The lowest BCUT2D eigenvalue weighted by atomic mass is 9.96. The van der Waals surface area contributed by atoms with E-state index in [9.17, 15) is 9.59 Å². The maximum Gasteiger partial charge on any atom is 0.263 e. The number of benzene rings is 2. The molecule has 0 radical (unpaired) electrons. The first-order valence-corrected chi connectivity index (χ1v) is 14.0. The number of nitrogens with zero attached hydrogens (tertiary/aromatic N) is 2. The van der Waals surface area contributed by atoms with Crippen LogP contribution >= 0.6 is 34.7 Å². The highest BCUT2D eigenvalue weighted by molar-refractivity contribution is 7.99. The van der Waals surface area contributed by atoms with Gasteiger partial charge >= 0.3 is 0 Å². The molecule has 0 spiro atoms. The van der Waals surface area contributed by atoms with Gasteiger partial charge in [0.2, 0.25) is 5.91 Å². The molecule has 186 valence electrons. The summed E-state index contributed by atoms with van der Waals surface area (Å²) in [4.78, 5) is 33.3. The molecule has 2 aromatic heterocycles. The number of ether oxygens (including phenoxy) is 1. The van der Waals surface area contributed by atoms with Crippen LogP contribution in [0.3, 0.4) is 0 Å². The minimum Gasteiger partial charge on any atom is -0.372 e. The number of anilines is 1. The quantitative estimate of drug-likeness (QED) is 0.231. The normalized spacial score (nSPS) is 15.3. The summed E-state index contributed by atoms with van der Waals surface area (Å²) < 4.78 is 7.73. The van der Waals surface area contributed by atoms with Gasteiger partial charge in [-0.15, -0.1) is 11.3 Å². The van der Waals surface area contributed by atoms with Crippen molar-refractivity contribution in [1.29, 1.82) is 0 Å². The molecule has 36 heavy (non-hydrogen) atoms. The van der Waals surface area contributed by atoms with Crippen LogP contribution in [-0.2, 0) is 29.1 Å². The van der Waals surface area contributed by atoms with E-state index < -0.39 is 0 Å². The molecule has 1 unspecified atom stereocenters. The topological polar surface area (TPSA) is 73.2 Å². The summed E-state index contributed by atoms with van der Waals surface area (Å²) in [5.41, 5.74) is 2.54. The number of aromatic nitrogens is 2. The second kappa shape index (κ2) is 10.8. The Labute approximate surface area is 222 Å². The third-order valence-corrected chi connectivity index (χ3v) is 8.61. The van der Waals surface area contributed by atoms with Gasteiger partial charge in [0.05, 0.1) is 41.1 Å². The van der Waals surface area contributed by atoms with E-state index in [4.69, 9.17) is 21.3 Å². The Morgan fingerprint density at radius 1 is 1.22 bits per heavy atom. The zero-order chi connectivity index (χ0) is 25.2. The Balaban J connectivity index is 1.49. The fraction of sp³-hybridized carbons (Fsp3) is 0.296. The Kier molecular flexibility index (Phi) is 7.48. The molecule has 0 fully saturated rings. The zero-order valence-electron chi connectivity index (χ0n) is 20.0. The maximum atomic E-state index is 13.9. The van der Waals surface area contributed by atoms with Gasteiger partial charge in [0, 0.05) is 11.3 Å². The van der Waals surface area contributed by atoms with E-state index in [-0.39, 0.29) is 23.3 Å². The molecule has 1 aliphatic rings. The van der Waals surface area contributed by atoms with Crippen molar-refractivity contribution in [2.45, 2.75) is 44.7 Å². The lowest BCUT2D eigenvalue weighted by molar-refractivity contribution is -0.113. The summed E-state index contributed by atoms with van der Waals surface area (Å²) in [6.07, 6.45) is 0.793. The molecule has 1 N–H and O–H groups in total. The molecule has 2 aromatic carbocycles. The molecule has 0 saturated heterocycles. The second-order valence-electron chi connectivity index (χ2n) is 9.07.